The Bertz CT molecular complexity index is 406. The first-order valence-corrected chi connectivity index (χ1v) is 7.85. The van der Waals surface area contributed by atoms with Gasteiger partial charge in [-0.2, -0.15) is 0 Å². The van der Waals surface area contributed by atoms with Crippen LogP contribution in [0.1, 0.15) is 45.7 Å². The molecule has 4 nitrogen and oxygen atoms in total. The summed E-state index contributed by atoms with van der Waals surface area (Å²) in [7, 11) is 0. The molecule has 0 aliphatic rings. The fraction of sp³-hybridized carbons (Fsp3) is 0.588. The number of carbonyl (C=O) groups excluding carboxylic acids is 1. The van der Waals surface area contributed by atoms with Crippen molar-refractivity contribution in [3.63, 3.8) is 0 Å². The zero-order valence-electron chi connectivity index (χ0n) is 13.6. The molecule has 1 aromatic rings. The van der Waals surface area contributed by atoms with Gasteiger partial charge in [0.25, 0.3) is 0 Å². The number of amides is 2. The summed E-state index contributed by atoms with van der Waals surface area (Å²) in [5, 5.41) is 9.31. The van der Waals surface area contributed by atoms with Gasteiger partial charge in [-0.15, -0.1) is 0 Å². The standard InChI is InChI=1S/C17H29N3O/c1-5-18-17(21)19-12-16(11-13(2)3)20-14(4)15-9-7-6-8-10-15/h6-10,13-14,16,20H,5,11-12H2,1-4H3,(H2,18,19,21)/t14-,16+/m0/s1. The van der Waals surface area contributed by atoms with Gasteiger partial charge in [-0.1, -0.05) is 44.2 Å². The van der Waals surface area contributed by atoms with Crippen molar-refractivity contribution in [2.24, 2.45) is 5.92 Å². The van der Waals surface area contributed by atoms with Crippen LogP contribution in [0.15, 0.2) is 30.3 Å². The number of urea groups is 1. The number of carbonyl (C=O) groups is 1. The van der Waals surface area contributed by atoms with Crippen molar-refractivity contribution in [3.05, 3.63) is 35.9 Å². The fourth-order valence-electron chi connectivity index (χ4n) is 2.41. The number of hydrogen-bond acceptors (Lipinski definition) is 2. The van der Waals surface area contributed by atoms with Gasteiger partial charge in [-0.05, 0) is 31.7 Å². The second kappa shape index (κ2) is 9.40. The third-order valence-electron chi connectivity index (χ3n) is 3.39. The van der Waals surface area contributed by atoms with E-state index in [2.05, 4.69) is 61.0 Å². The van der Waals surface area contributed by atoms with Gasteiger partial charge in [-0.3, -0.25) is 0 Å². The molecule has 0 heterocycles. The molecule has 0 bridgehead atoms. The maximum absolute atomic E-state index is 11.5. The second-order valence-corrected chi connectivity index (χ2v) is 5.87. The van der Waals surface area contributed by atoms with E-state index in [1.807, 2.05) is 13.0 Å². The third-order valence-corrected chi connectivity index (χ3v) is 3.39. The molecule has 0 saturated heterocycles. The van der Waals surface area contributed by atoms with Crippen LogP contribution in [0.5, 0.6) is 0 Å². The van der Waals surface area contributed by atoms with Crippen LogP contribution in [0.2, 0.25) is 0 Å². The Morgan fingerprint density at radius 3 is 2.33 bits per heavy atom. The molecule has 0 unspecified atom stereocenters. The molecule has 4 heteroatoms. The van der Waals surface area contributed by atoms with Crippen molar-refractivity contribution in [2.45, 2.75) is 46.2 Å². The summed E-state index contributed by atoms with van der Waals surface area (Å²) >= 11 is 0. The van der Waals surface area contributed by atoms with Gasteiger partial charge < -0.3 is 16.0 Å². The Morgan fingerprint density at radius 2 is 1.76 bits per heavy atom. The van der Waals surface area contributed by atoms with E-state index < -0.39 is 0 Å². The molecule has 2 atom stereocenters. The van der Waals surface area contributed by atoms with Crippen LogP contribution >= 0.6 is 0 Å². The van der Waals surface area contributed by atoms with E-state index in [0.717, 1.165) is 6.42 Å². The van der Waals surface area contributed by atoms with Crippen LogP contribution in [0.4, 0.5) is 4.79 Å². The smallest absolute Gasteiger partial charge is 0.314 e. The highest BCUT2D eigenvalue weighted by Gasteiger charge is 2.15. The SMILES string of the molecule is CCNC(=O)NC[C@@H](CC(C)C)N[C@@H](C)c1ccccc1. The molecule has 1 rings (SSSR count). The van der Waals surface area contributed by atoms with E-state index in [1.54, 1.807) is 0 Å². The molecule has 21 heavy (non-hydrogen) atoms. The molecule has 118 valence electrons. The molecule has 0 aliphatic carbocycles. The zero-order chi connectivity index (χ0) is 15.7. The van der Waals surface area contributed by atoms with Crippen molar-refractivity contribution >= 4 is 6.03 Å². The summed E-state index contributed by atoms with van der Waals surface area (Å²) in [6, 6.07) is 10.8. The van der Waals surface area contributed by atoms with E-state index in [9.17, 15) is 4.79 Å². The Balaban J connectivity index is 2.54. The van der Waals surface area contributed by atoms with Crippen LogP contribution in [-0.2, 0) is 0 Å². The van der Waals surface area contributed by atoms with Crippen molar-refractivity contribution in [2.75, 3.05) is 13.1 Å². The molecule has 0 aliphatic heterocycles. The minimum absolute atomic E-state index is 0.0968. The van der Waals surface area contributed by atoms with E-state index >= 15 is 0 Å². The largest absolute Gasteiger partial charge is 0.338 e. The lowest BCUT2D eigenvalue weighted by molar-refractivity contribution is 0.238. The third kappa shape index (κ3) is 7.14. The molecule has 0 fully saturated rings. The highest BCUT2D eigenvalue weighted by molar-refractivity contribution is 5.73. The summed E-state index contributed by atoms with van der Waals surface area (Å²) < 4.78 is 0. The van der Waals surface area contributed by atoms with Crippen molar-refractivity contribution in [3.8, 4) is 0 Å². The number of hydrogen-bond donors (Lipinski definition) is 3. The predicted octanol–water partition coefficient (Wildman–Crippen LogP) is 3.07. The average molecular weight is 291 g/mol. The van der Waals surface area contributed by atoms with Crippen molar-refractivity contribution in [1.29, 1.82) is 0 Å². The number of nitrogens with one attached hydrogen (secondary N) is 3. The minimum Gasteiger partial charge on any atom is -0.338 e. The van der Waals surface area contributed by atoms with Gasteiger partial charge in [0.15, 0.2) is 0 Å². The van der Waals surface area contributed by atoms with Gasteiger partial charge in [0.05, 0.1) is 0 Å². The van der Waals surface area contributed by atoms with Gasteiger partial charge in [-0.25, -0.2) is 4.79 Å². The molecule has 0 saturated carbocycles. The summed E-state index contributed by atoms with van der Waals surface area (Å²) in [4.78, 5) is 11.5. The lowest BCUT2D eigenvalue weighted by atomic mass is 10.0. The minimum atomic E-state index is -0.0968. The second-order valence-electron chi connectivity index (χ2n) is 5.87. The molecule has 0 spiro atoms. The maximum Gasteiger partial charge on any atom is 0.314 e. The fourth-order valence-corrected chi connectivity index (χ4v) is 2.41. The van der Waals surface area contributed by atoms with Crippen LogP contribution in [0, 0.1) is 5.92 Å². The van der Waals surface area contributed by atoms with Crippen LogP contribution in [0.25, 0.3) is 0 Å². The first-order chi connectivity index (χ1) is 10.0. The summed E-state index contributed by atoms with van der Waals surface area (Å²) in [6.07, 6.45) is 1.03. The first kappa shape index (κ1) is 17.5. The van der Waals surface area contributed by atoms with Crippen LogP contribution in [-0.4, -0.2) is 25.2 Å². The molecular weight excluding hydrogens is 262 g/mol. The summed E-state index contributed by atoms with van der Waals surface area (Å²) in [5.74, 6) is 0.585. The summed E-state index contributed by atoms with van der Waals surface area (Å²) in [5.41, 5.74) is 1.27. The van der Waals surface area contributed by atoms with Gasteiger partial charge in [0.2, 0.25) is 0 Å². The molecule has 3 N–H and O–H groups in total. The van der Waals surface area contributed by atoms with Gasteiger partial charge >= 0.3 is 6.03 Å². The molecular formula is C17H29N3O. The Morgan fingerprint density at radius 1 is 1.10 bits per heavy atom. The monoisotopic (exact) mass is 291 g/mol. The average Bonchev–Trinajstić information content (AvgIpc) is 2.45. The predicted molar refractivity (Wildman–Crippen MR) is 88.3 cm³/mol. The topological polar surface area (TPSA) is 53.2 Å². The van der Waals surface area contributed by atoms with E-state index in [-0.39, 0.29) is 18.1 Å². The highest BCUT2D eigenvalue weighted by Crippen LogP contribution is 2.14. The van der Waals surface area contributed by atoms with E-state index in [0.29, 0.717) is 19.0 Å². The maximum atomic E-state index is 11.5. The summed E-state index contributed by atoms with van der Waals surface area (Å²) in [6.45, 7) is 9.77. The van der Waals surface area contributed by atoms with Crippen molar-refractivity contribution in [1.82, 2.24) is 16.0 Å². The Kier molecular flexibility index (Phi) is 7.83. The zero-order valence-corrected chi connectivity index (χ0v) is 13.6. The number of benzene rings is 1. The molecule has 2 amide bonds. The Hall–Kier alpha value is -1.55. The van der Waals surface area contributed by atoms with Gasteiger partial charge in [0, 0.05) is 25.2 Å². The highest BCUT2D eigenvalue weighted by atomic mass is 16.2. The Labute approximate surface area is 128 Å². The van der Waals surface area contributed by atoms with E-state index in [4.69, 9.17) is 0 Å². The first-order valence-electron chi connectivity index (χ1n) is 7.85. The number of rotatable bonds is 8. The molecule has 0 aromatic heterocycles. The van der Waals surface area contributed by atoms with Gasteiger partial charge in [0.1, 0.15) is 0 Å². The van der Waals surface area contributed by atoms with E-state index in [1.165, 1.54) is 5.56 Å². The lowest BCUT2D eigenvalue weighted by Crippen LogP contribution is -2.45. The van der Waals surface area contributed by atoms with Crippen LogP contribution < -0.4 is 16.0 Å². The quantitative estimate of drug-likeness (QED) is 0.689. The van der Waals surface area contributed by atoms with Crippen molar-refractivity contribution < 1.29 is 4.79 Å². The normalized spacial score (nSPS) is 13.8. The molecule has 0 radical (unpaired) electrons. The van der Waals surface area contributed by atoms with Crippen LogP contribution in [0.3, 0.4) is 0 Å². The molecule has 1 aromatic carbocycles. The lowest BCUT2D eigenvalue weighted by Gasteiger charge is -2.25.